The van der Waals surface area contributed by atoms with Crippen molar-refractivity contribution in [3.05, 3.63) is 71.3 Å². The summed E-state index contributed by atoms with van der Waals surface area (Å²) >= 11 is 0. The number of nitrogens with one attached hydrogen (secondary N) is 1. The van der Waals surface area contributed by atoms with E-state index in [0.29, 0.717) is 37.6 Å². The van der Waals surface area contributed by atoms with E-state index in [1.807, 2.05) is 0 Å². The Labute approximate surface area is 165 Å². The van der Waals surface area contributed by atoms with Crippen LogP contribution < -0.4 is 5.32 Å². The van der Waals surface area contributed by atoms with E-state index < -0.39 is 17.6 Å². The molecule has 29 heavy (non-hydrogen) atoms. The van der Waals surface area contributed by atoms with Crippen LogP contribution in [0.4, 0.5) is 18.9 Å². The number of hydrogen-bond donors (Lipinski definition) is 1. The van der Waals surface area contributed by atoms with Gasteiger partial charge in [0.25, 0.3) is 5.91 Å². The second kappa shape index (κ2) is 8.91. The third kappa shape index (κ3) is 5.68. The minimum Gasteiger partial charge on any atom is -0.378 e. The van der Waals surface area contributed by atoms with Crippen molar-refractivity contribution >= 4 is 23.6 Å². The summed E-state index contributed by atoms with van der Waals surface area (Å²) in [6, 6.07) is 11.1. The third-order valence-electron chi connectivity index (χ3n) is 4.34. The SMILES string of the molecule is O=C(/C=C/c1cccc(C(F)(F)F)c1)Nc1ccc(C(=O)N2CCOCC2)cc1. The van der Waals surface area contributed by atoms with E-state index in [9.17, 15) is 22.8 Å². The zero-order valence-corrected chi connectivity index (χ0v) is 15.4. The molecule has 0 saturated carbocycles. The minimum atomic E-state index is -4.44. The first-order chi connectivity index (χ1) is 13.8. The second-order valence-corrected chi connectivity index (χ2v) is 6.43. The van der Waals surface area contributed by atoms with Gasteiger partial charge in [0.15, 0.2) is 0 Å². The molecule has 3 rings (SSSR count). The number of ether oxygens (including phenoxy) is 1. The van der Waals surface area contributed by atoms with Gasteiger partial charge in [-0.3, -0.25) is 9.59 Å². The van der Waals surface area contributed by atoms with E-state index in [-0.39, 0.29) is 11.5 Å². The van der Waals surface area contributed by atoms with Gasteiger partial charge in [0, 0.05) is 30.4 Å². The van der Waals surface area contributed by atoms with Gasteiger partial charge in [-0.25, -0.2) is 0 Å². The van der Waals surface area contributed by atoms with E-state index in [0.717, 1.165) is 18.2 Å². The van der Waals surface area contributed by atoms with Crippen LogP contribution in [0.1, 0.15) is 21.5 Å². The summed E-state index contributed by atoms with van der Waals surface area (Å²) in [7, 11) is 0. The molecule has 0 radical (unpaired) electrons. The number of anilines is 1. The molecule has 1 saturated heterocycles. The van der Waals surface area contributed by atoms with E-state index in [1.54, 1.807) is 29.2 Å². The molecule has 0 spiro atoms. The van der Waals surface area contributed by atoms with Crippen molar-refractivity contribution in [2.75, 3.05) is 31.6 Å². The molecule has 0 atom stereocenters. The lowest BCUT2D eigenvalue weighted by molar-refractivity contribution is -0.137. The van der Waals surface area contributed by atoms with Crippen LogP contribution in [0, 0.1) is 0 Å². The molecular formula is C21H19F3N2O3. The molecule has 1 heterocycles. The monoisotopic (exact) mass is 404 g/mol. The Kier molecular flexibility index (Phi) is 6.33. The first kappa shape index (κ1) is 20.6. The quantitative estimate of drug-likeness (QED) is 0.788. The van der Waals surface area contributed by atoms with Gasteiger partial charge in [-0.2, -0.15) is 13.2 Å². The molecule has 1 aliphatic heterocycles. The fraction of sp³-hybridized carbons (Fsp3) is 0.238. The van der Waals surface area contributed by atoms with E-state index in [4.69, 9.17) is 4.74 Å². The number of alkyl halides is 3. The van der Waals surface area contributed by atoms with Crippen LogP contribution in [-0.2, 0) is 15.7 Å². The maximum Gasteiger partial charge on any atom is 0.416 e. The third-order valence-corrected chi connectivity index (χ3v) is 4.34. The van der Waals surface area contributed by atoms with Gasteiger partial charge < -0.3 is 15.0 Å². The zero-order chi connectivity index (χ0) is 20.9. The number of amides is 2. The summed E-state index contributed by atoms with van der Waals surface area (Å²) < 4.78 is 43.4. The first-order valence-electron chi connectivity index (χ1n) is 8.96. The number of morpholine rings is 1. The molecule has 2 amide bonds. The average Bonchev–Trinajstić information content (AvgIpc) is 2.72. The Bertz CT molecular complexity index is 902. The van der Waals surface area contributed by atoms with Gasteiger partial charge in [-0.05, 0) is 48.0 Å². The predicted octanol–water partition coefficient (Wildman–Crippen LogP) is 3.83. The lowest BCUT2D eigenvalue weighted by atomic mass is 10.1. The first-order valence-corrected chi connectivity index (χ1v) is 8.96. The van der Waals surface area contributed by atoms with Crippen LogP contribution >= 0.6 is 0 Å². The summed E-state index contributed by atoms with van der Waals surface area (Å²) in [5.74, 6) is -0.592. The Morgan fingerprint density at radius 3 is 2.38 bits per heavy atom. The summed E-state index contributed by atoms with van der Waals surface area (Å²) in [4.78, 5) is 26.1. The molecule has 0 aliphatic carbocycles. The van der Waals surface area contributed by atoms with E-state index in [2.05, 4.69) is 5.32 Å². The maximum absolute atomic E-state index is 12.7. The van der Waals surface area contributed by atoms with Crippen LogP contribution in [-0.4, -0.2) is 43.0 Å². The summed E-state index contributed by atoms with van der Waals surface area (Å²) in [5.41, 5.74) is 0.466. The normalized spacial score (nSPS) is 14.8. The van der Waals surface area contributed by atoms with Gasteiger partial charge >= 0.3 is 6.18 Å². The van der Waals surface area contributed by atoms with Crippen molar-refractivity contribution in [1.29, 1.82) is 0 Å². The van der Waals surface area contributed by atoms with Gasteiger partial charge in [-0.1, -0.05) is 12.1 Å². The van der Waals surface area contributed by atoms with E-state index >= 15 is 0 Å². The predicted molar refractivity (Wildman–Crippen MR) is 102 cm³/mol. The summed E-state index contributed by atoms with van der Waals surface area (Å²) in [6.45, 7) is 2.10. The molecule has 1 aliphatic rings. The Hall–Kier alpha value is -3.13. The molecular weight excluding hydrogens is 385 g/mol. The number of hydrogen-bond acceptors (Lipinski definition) is 3. The molecule has 8 heteroatoms. The molecule has 2 aromatic rings. The highest BCUT2D eigenvalue weighted by Crippen LogP contribution is 2.29. The van der Waals surface area contributed by atoms with E-state index in [1.165, 1.54) is 18.2 Å². The van der Waals surface area contributed by atoms with Crippen molar-refractivity contribution in [3.8, 4) is 0 Å². The van der Waals surface area contributed by atoms with Crippen LogP contribution in [0.25, 0.3) is 6.08 Å². The highest BCUT2D eigenvalue weighted by molar-refractivity contribution is 6.02. The standard InChI is InChI=1S/C21H19F3N2O3/c22-21(23,24)17-3-1-2-15(14-17)4-9-19(27)25-18-7-5-16(6-8-18)20(28)26-10-12-29-13-11-26/h1-9,14H,10-13H2,(H,25,27)/b9-4+. The lowest BCUT2D eigenvalue weighted by Gasteiger charge is -2.26. The van der Waals surface area contributed by atoms with Crippen molar-refractivity contribution in [1.82, 2.24) is 4.90 Å². The number of halogens is 3. The number of carbonyl (C=O) groups excluding carboxylic acids is 2. The van der Waals surface area contributed by atoms with Crippen molar-refractivity contribution < 1.29 is 27.5 Å². The number of benzene rings is 2. The fourth-order valence-electron chi connectivity index (χ4n) is 2.82. The smallest absolute Gasteiger partial charge is 0.378 e. The van der Waals surface area contributed by atoms with Crippen molar-refractivity contribution in [2.45, 2.75) is 6.18 Å². The second-order valence-electron chi connectivity index (χ2n) is 6.43. The maximum atomic E-state index is 12.7. The van der Waals surface area contributed by atoms with Gasteiger partial charge in [-0.15, -0.1) is 0 Å². The molecule has 152 valence electrons. The van der Waals surface area contributed by atoms with Crippen LogP contribution in [0.15, 0.2) is 54.6 Å². The van der Waals surface area contributed by atoms with Crippen LogP contribution in [0.5, 0.6) is 0 Å². The number of nitrogens with zero attached hydrogens (tertiary/aromatic N) is 1. The molecule has 1 fully saturated rings. The molecule has 1 N–H and O–H groups in total. The highest BCUT2D eigenvalue weighted by atomic mass is 19.4. The largest absolute Gasteiger partial charge is 0.416 e. The Morgan fingerprint density at radius 2 is 1.72 bits per heavy atom. The Morgan fingerprint density at radius 1 is 1.03 bits per heavy atom. The fourth-order valence-corrected chi connectivity index (χ4v) is 2.82. The molecule has 0 bridgehead atoms. The van der Waals surface area contributed by atoms with Gasteiger partial charge in [0.1, 0.15) is 0 Å². The molecule has 2 aromatic carbocycles. The summed E-state index contributed by atoms with van der Waals surface area (Å²) in [5, 5.41) is 2.61. The highest BCUT2D eigenvalue weighted by Gasteiger charge is 2.30. The van der Waals surface area contributed by atoms with Crippen molar-refractivity contribution in [2.24, 2.45) is 0 Å². The lowest BCUT2D eigenvalue weighted by Crippen LogP contribution is -2.40. The Balaban J connectivity index is 1.59. The number of rotatable bonds is 4. The van der Waals surface area contributed by atoms with Gasteiger partial charge in [0.05, 0.1) is 18.8 Å². The molecule has 0 unspecified atom stereocenters. The summed E-state index contributed by atoms with van der Waals surface area (Å²) in [6.07, 6.45) is -1.98. The molecule has 0 aromatic heterocycles. The van der Waals surface area contributed by atoms with Crippen LogP contribution in [0.2, 0.25) is 0 Å². The van der Waals surface area contributed by atoms with Gasteiger partial charge in [0.2, 0.25) is 5.91 Å². The minimum absolute atomic E-state index is 0.101. The topological polar surface area (TPSA) is 58.6 Å². The average molecular weight is 404 g/mol. The zero-order valence-electron chi connectivity index (χ0n) is 15.4. The molecule has 5 nitrogen and oxygen atoms in total. The van der Waals surface area contributed by atoms with Crippen LogP contribution in [0.3, 0.4) is 0 Å². The number of carbonyl (C=O) groups is 2. The van der Waals surface area contributed by atoms with Crippen molar-refractivity contribution in [3.63, 3.8) is 0 Å².